The van der Waals surface area contributed by atoms with Crippen LogP contribution in [-0.4, -0.2) is 28.5 Å². The summed E-state index contributed by atoms with van der Waals surface area (Å²) in [5, 5.41) is 3.20. The molecule has 3 aromatic rings. The minimum absolute atomic E-state index is 0.0146. The minimum Gasteiger partial charge on any atom is -0.456 e. The van der Waals surface area contributed by atoms with Crippen LogP contribution >= 0.6 is 0 Å². The fourth-order valence-electron chi connectivity index (χ4n) is 3.02. The van der Waals surface area contributed by atoms with Crippen molar-refractivity contribution in [1.82, 2.24) is 9.97 Å². The van der Waals surface area contributed by atoms with E-state index in [4.69, 9.17) is 4.74 Å². The fourth-order valence-corrected chi connectivity index (χ4v) is 3.02. The number of anilines is 1. The number of hydrogen-bond donors (Lipinski definition) is 2. The first-order chi connectivity index (χ1) is 14.5. The van der Waals surface area contributed by atoms with Gasteiger partial charge in [-0.1, -0.05) is 37.6 Å². The van der Waals surface area contributed by atoms with Gasteiger partial charge in [-0.15, -0.1) is 0 Å². The SMILES string of the molecule is CCCCc1ccc(NC(=O)COC(=O)CCc2nc3ccccc3c(=O)[nH]2)cc1. The van der Waals surface area contributed by atoms with E-state index in [1.165, 1.54) is 5.56 Å². The Morgan fingerprint density at radius 2 is 1.83 bits per heavy atom. The van der Waals surface area contributed by atoms with Gasteiger partial charge in [0.2, 0.25) is 0 Å². The van der Waals surface area contributed by atoms with E-state index in [9.17, 15) is 14.4 Å². The molecule has 0 bridgehead atoms. The first-order valence-corrected chi connectivity index (χ1v) is 10.1. The quantitative estimate of drug-likeness (QED) is 0.530. The third kappa shape index (κ3) is 6.01. The van der Waals surface area contributed by atoms with Gasteiger partial charge in [-0.05, 0) is 42.7 Å². The third-order valence-electron chi connectivity index (χ3n) is 4.65. The Bertz CT molecular complexity index is 1070. The number of fused-ring (bicyclic) bond motifs is 1. The standard InChI is InChI=1S/C23H25N3O4/c1-2-3-6-16-9-11-17(12-10-16)24-21(27)15-30-22(28)14-13-20-25-19-8-5-4-7-18(19)23(29)26-20/h4-5,7-12H,2-3,6,13-15H2,1H3,(H,24,27)(H,25,26,29). The van der Waals surface area contributed by atoms with Crippen LogP contribution in [0, 0.1) is 0 Å². The molecule has 2 N–H and O–H groups in total. The van der Waals surface area contributed by atoms with E-state index in [0.29, 0.717) is 22.4 Å². The van der Waals surface area contributed by atoms with Crippen molar-refractivity contribution < 1.29 is 14.3 Å². The van der Waals surface area contributed by atoms with Gasteiger partial charge < -0.3 is 15.0 Å². The highest BCUT2D eigenvalue weighted by Crippen LogP contribution is 2.12. The van der Waals surface area contributed by atoms with Crippen LogP contribution in [0.1, 0.15) is 37.6 Å². The molecule has 0 radical (unpaired) electrons. The van der Waals surface area contributed by atoms with Crippen molar-refractivity contribution >= 4 is 28.5 Å². The third-order valence-corrected chi connectivity index (χ3v) is 4.65. The van der Waals surface area contributed by atoms with Crippen molar-refractivity contribution in [2.75, 3.05) is 11.9 Å². The molecule has 7 nitrogen and oxygen atoms in total. The summed E-state index contributed by atoms with van der Waals surface area (Å²) in [6, 6.07) is 14.6. The van der Waals surface area contributed by atoms with Crippen LogP contribution in [0.25, 0.3) is 10.9 Å². The lowest BCUT2D eigenvalue weighted by molar-refractivity contribution is -0.147. The molecular formula is C23H25N3O4. The van der Waals surface area contributed by atoms with Crippen LogP contribution in [-0.2, 0) is 27.2 Å². The lowest BCUT2D eigenvalue weighted by atomic mass is 10.1. The monoisotopic (exact) mass is 407 g/mol. The minimum atomic E-state index is -0.532. The van der Waals surface area contributed by atoms with Crippen molar-refractivity contribution in [2.24, 2.45) is 0 Å². The molecule has 1 heterocycles. The number of unbranched alkanes of at least 4 members (excludes halogenated alkanes) is 1. The number of esters is 1. The first-order valence-electron chi connectivity index (χ1n) is 10.1. The molecule has 156 valence electrons. The molecular weight excluding hydrogens is 382 g/mol. The lowest BCUT2D eigenvalue weighted by Gasteiger charge is -2.08. The number of carbonyl (C=O) groups excluding carboxylic acids is 2. The van der Waals surface area contributed by atoms with Gasteiger partial charge in [0.1, 0.15) is 5.82 Å². The molecule has 0 spiro atoms. The van der Waals surface area contributed by atoms with Gasteiger partial charge in [-0.3, -0.25) is 14.4 Å². The van der Waals surface area contributed by atoms with E-state index in [1.54, 1.807) is 24.3 Å². The highest BCUT2D eigenvalue weighted by Gasteiger charge is 2.10. The Kier molecular flexibility index (Phi) is 7.32. The number of nitrogens with zero attached hydrogens (tertiary/aromatic N) is 1. The zero-order valence-corrected chi connectivity index (χ0v) is 16.9. The molecule has 0 aliphatic heterocycles. The molecule has 0 fully saturated rings. The lowest BCUT2D eigenvalue weighted by Crippen LogP contribution is -2.21. The average molecular weight is 407 g/mol. The van der Waals surface area contributed by atoms with Crippen molar-refractivity contribution in [3.05, 3.63) is 70.3 Å². The predicted octanol–water partition coefficient (Wildman–Crippen LogP) is 3.38. The maximum atomic E-state index is 12.0. The number of H-pyrrole nitrogens is 1. The van der Waals surface area contributed by atoms with E-state index >= 15 is 0 Å². The Morgan fingerprint density at radius 3 is 2.60 bits per heavy atom. The van der Waals surface area contributed by atoms with Crippen LogP contribution in [0.3, 0.4) is 0 Å². The second-order valence-electron chi connectivity index (χ2n) is 7.04. The molecule has 0 saturated heterocycles. The number of aryl methyl sites for hydroxylation is 2. The van der Waals surface area contributed by atoms with Crippen LogP contribution in [0.2, 0.25) is 0 Å². The number of ether oxygens (including phenoxy) is 1. The van der Waals surface area contributed by atoms with Crippen molar-refractivity contribution in [2.45, 2.75) is 39.0 Å². The van der Waals surface area contributed by atoms with E-state index < -0.39 is 11.9 Å². The summed E-state index contributed by atoms with van der Waals surface area (Å²) in [6.07, 6.45) is 3.52. The van der Waals surface area contributed by atoms with Gasteiger partial charge in [-0.25, -0.2) is 4.98 Å². The molecule has 0 aliphatic carbocycles. The molecule has 2 aromatic carbocycles. The number of aromatic nitrogens is 2. The van der Waals surface area contributed by atoms with Gasteiger partial charge in [0.15, 0.2) is 6.61 Å². The molecule has 1 aromatic heterocycles. The summed E-state index contributed by atoms with van der Waals surface area (Å²) in [6.45, 7) is 1.78. The zero-order chi connectivity index (χ0) is 21.3. The van der Waals surface area contributed by atoms with Gasteiger partial charge >= 0.3 is 5.97 Å². The van der Waals surface area contributed by atoms with Crippen LogP contribution < -0.4 is 10.9 Å². The number of para-hydroxylation sites is 1. The summed E-state index contributed by atoms with van der Waals surface area (Å²) < 4.78 is 5.02. The van der Waals surface area contributed by atoms with Crippen molar-refractivity contribution in [1.29, 1.82) is 0 Å². The van der Waals surface area contributed by atoms with E-state index in [-0.39, 0.29) is 25.0 Å². The summed E-state index contributed by atoms with van der Waals surface area (Å²) in [7, 11) is 0. The summed E-state index contributed by atoms with van der Waals surface area (Å²) >= 11 is 0. The summed E-state index contributed by atoms with van der Waals surface area (Å²) in [5.74, 6) is -0.527. The van der Waals surface area contributed by atoms with E-state index in [0.717, 1.165) is 19.3 Å². The molecule has 0 aliphatic rings. The highest BCUT2D eigenvalue weighted by atomic mass is 16.5. The Hall–Kier alpha value is -3.48. The molecule has 0 atom stereocenters. The number of aromatic amines is 1. The normalized spacial score (nSPS) is 10.7. The summed E-state index contributed by atoms with van der Waals surface area (Å²) in [5.41, 5.74) is 2.21. The number of amides is 1. The molecule has 1 amide bonds. The molecule has 3 rings (SSSR count). The second-order valence-corrected chi connectivity index (χ2v) is 7.04. The maximum absolute atomic E-state index is 12.0. The number of hydrogen-bond acceptors (Lipinski definition) is 5. The fraction of sp³-hybridized carbons (Fsp3) is 0.304. The van der Waals surface area contributed by atoms with Crippen molar-refractivity contribution in [3.63, 3.8) is 0 Å². The molecule has 0 saturated carbocycles. The van der Waals surface area contributed by atoms with Crippen LogP contribution in [0.5, 0.6) is 0 Å². The molecule has 0 unspecified atom stereocenters. The first kappa shape index (κ1) is 21.2. The Morgan fingerprint density at radius 1 is 1.07 bits per heavy atom. The van der Waals surface area contributed by atoms with Gasteiger partial charge in [0.05, 0.1) is 17.3 Å². The van der Waals surface area contributed by atoms with Crippen LogP contribution in [0.15, 0.2) is 53.3 Å². The van der Waals surface area contributed by atoms with Gasteiger partial charge in [0, 0.05) is 12.1 Å². The number of nitrogens with one attached hydrogen (secondary N) is 2. The number of carbonyl (C=O) groups is 2. The highest BCUT2D eigenvalue weighted by molar-refractivity contribution is 5.92. The average Bonchev–Trinajstić information content (AvgIpc) is 2.76. The maximum Gasteiger partial charge on any atom is 0.306 e. The zero-order valence-electron chi connectivity index (χ0n) is 16.9. The smallest absolute Gasteiger partial charge is 0.306 e. The number of rotatable bonds is 9. The Balaban J connectivity index is 1.44. The topological polar surface area (TPSA) is 101 Å². The molecule has 7 heteroatoms. The van der Waals surface area contributed by atoms with Crippen molar-refractivity contribution in [3.8, 4) is 0 Å². The summed E-state index contributed by atoms with van der Waals surface area (Å²) in [4.78, 5) is 43.0. The number of benzene rings is 2. The van der Waals surface area contributed by atoms with E-state index in [2.05, 4.69) is 22.2 Å². The van der Waals surface area contributed by atoms with Gasteiger partial charge in [0.25, 0.3) is 11.5 Å². The Labute approximate surface area is 174 Å². The van der Waals surface area contributed by atoms with Crippen LogP contribution in [0.4, 0.5) is 5.69 Å². The molecule has 30 heavy (non-hydrogen) atoms. The second kappa shape index (κ2) is 10.3. The van der Waals surface area contributed by atoms with E-state index in [1.807, 2.05) is 24.3 Å². The van der Waals surface area contributed by atoms with Gasteiger partial charge in [-0.2, -0.15) is 0 Å². The predicted molar refractivity (Wildman–Crippen MR) is 115 cm³/mol. The largest absolute Gasteiger partial charge is 0.456 e.